The normalized spacial score (nSPS) is 10.1. The van der Waals surface area contributed by atoms with Crippen molar-refractivity contribution in [3.05, 3.63) is 22.7 Å². The Morgan fingerprint density at radius 3 is 3.00 bits per heavy atom. The van der Waals surface area contributed by atoms with Crippen LogP contribution in [-0.2, 0) is 6.54 Å². The molecule has 1 aromatic heterocycles. The van der Waals surface area contributed by atoms with Crippen molar-refractivity contribution in [3.8, 4) is 0 Å². The second-order valence-electron chi connectivity index (χ2n) is 2.20. The van der Waals surface area contributed by atoms with Gasteiger partial charge in [0.25, 0.3) is 5.56 Å². The molecule has 1 heterocycles. The highest BCUT2D eigenvalue weighted by atomic mass is 16.5. The highest BCUT2D eigenvalue weighted by Crippen LogP contribution is 1.90. The van der Waals surface area contributed by atoms with Crippen LogP contribution in [0.2, 0.25) is 0 Å². The van der Waals surface area contributed by atoms with Crippen LogP contribution < -0.4 is 5.56 Å². The molecular formula is C7H11NO2. The molecule has 10 heavy (non-hydrogen) atoms. The fourth-order valence-electron chi connectivity index (χ4n) is 0.762. The number of unbranched alkanes of at least 4 members (excludes halogenated alkanes) is 1. The molecule has 0 saturated heterocycles. The van der Waals surface area contributed by atoms with E-state index in [1.165, 1.54) is 17.1 Å². The number of hydrogen-bond donors (Lipinski definition) is 0. The average molecular weight is 141 g/mol. The van der Waals surface area contributed by atoms with Crippen LogP contribution in [0.4, 0.5) is 0 Å². The molecule has 0 atom stereocenters. The van der Waals surface area contributed by atoms with Gasteiger partial charge in [-0.05, 0) is 6.42 Å². The van der Waals surface area contributed by atoms with E-state index in [4.69, 9.17) is 4.52 Å². The fraction of sp³-hybridized carbons (Fsp3) is 0.571. The molecule has 1 rings (SSSR count). The number of aromatic nitrogens is 1. The molecule has 56 valence electrons. The molecule has 1 aromatic rings. The first-order valence-electron chi connectivity index (χ1n) is 3.49. The molecule has 0 aliphatic heterocycles. The van der Waals surface area contributed by atoms with E-state index in [9.17, 15) is 4.79 Å². The number of rotatable bonds is 3. The third-order valence-corrected chi connectivity index (χ3v) is 1.36. The molecule has 3 heteroatoms. The molecule has 0 aromatic carbocycles. The van der Waals surface area contributed by atoms with Gasteiger partial charge in [0.05, 0.1) is 6.54 Å². The summed E-state index contributed by atoms with van der Waals surface area (Å²) in [6, 6.07) is 1.43. The zero-order valence-electron chi connectivity index (χ0n) is 6.04. The lowest BCUT2D eigenvalue weighted by Gasteiger charge is -1.94. The van der Waals surface area contributed by atoms with Gasteiger partial charge >= 0.3 is 0 Å². The molecule has 0 fully saturated rings. The van der Waals surface area contributed by atoms with Gasteiger partial charge in [-0.25, -0.2) is 0 Å². The lowest BCUT2D eigenvalue weighted by Crippen LogP contribution is -2.12. The molecule has 0 amide bonds. The van der Waals surface area contributed by atoms with Crippen LogP contribution in [-0.4, -0.2) is 4.74 Å². The van der Waals surface area contributed by atoms with Crippen LogP contribution in [0.15, 0.2) is 21.6 Å². The predicted octanol–water partition coefficient (Wildman–Crippen LogP) is 1.24. The van der Waals surface area contributed by atoms with Crippen molar-refractivity contribution in [1.29, 1.82) is 0 Å². The molecule has 0 saturated carbocycles. The first-order chi connectivity index (χ1) is 4.84. The molecular weight excluding hydrogens is 130 g/mol. The first kappa shape index (κ1) is 7.12. The third-order valence-electron chi connectivity index (χ3n) is 1.36. The Balaban J connectivity index is 2.57. The van der Waals surface area contributed by atoms with Crippen molar-refractivity contribution in [2.24, 2.45) is 0 Å². The van der Waals surface area contributed by atoms with Crippen molar-refractivity contribution < 1.29 is 4.52 Å². The minimum Gasteiger partial charge on any atom is -0.384 e. The molecule has 0 radical (unpaired) electrons. The first-order valence-corrected chi connectivity index (χ1v) is 3.49. The second-order valence-corrected chi connectivity index (χ2v) is 2.20. The van der Waals surface area contributed by atoms with Crippen molar-refractivity contribution in [3.63, 3.8) is 0 Å². The summed E-state index contributed by atoms with van der Waals surface area (Å²) in [4.78, 5) is 10.8. The quantitative estimate of drug-likeness (QED) is 0.634. The zero-order valence-corrected chi connectivity index (χ0v) is 6.04. The summed E-state index contributed by atoms with van der Waals surface area (Å²) in [5.74, 6) is 0. The van der Waals surface area contributed by atoms with Gasteiger partial charge in [-0.2, -0.15) is 4.74 Å². The van der Waals surface area contributed by atoms with E-state index in [0.29, 0.717) is 6.54 Å². The smallest absolute Gasteiger partial charge is 0.282 e. The van der Waals surface area contributed by atoms with Crippen molar-refractivity contribution in [2.45, 2.75) is 26.3 Å². The second kappa shape index (κ2) is 3.25. The summed E-state index contributed by atoms with van der Waals surface area (Å²) < 4.78 is 6.24. The predicted molar refractivity (Wildman–Crippen MR) is 37.9 cm³/mol. The van der Waals surface area contributed by atoms with Crippen LogP contribution in [0, 0.1) is 0 Å². The van der Waals surface area contributed by atoms with Crippen LogP contribution in [0.3, 0.4) is 0 Å². The SMILES string of the molecule is CCCCn1occc1=O. The summed E-state index contributed by atoms with van der Waals surface area (Å²) in [5.41, 5.74) is -0.0477. The minimum absolute atomic E-state index is 0.0477. The van der Waals surface area contributed by atoms with Gasteiger partial charge in [-0.15, -0.1) is 0 Å². The molecule has 0 unspecified atom stereocenters. The van der Waals surface area contributed by atoms with E-state index in [-0.39, 0.29) is 5.56 Å². The van der Waals surface area contributed by atoms with Crippen molar-refractivity contribution >= 4 is 0 Å². The number of aryl methyl sites for hydroxylation is 1. The Hall–Kier alpha value is -0.990. The summed E-state index contributed by atoms with van der Waals surface area (Å²) >= 11 is 0. The third kappa shape index (κ3) is 1.50. The van der Waals surface area contributed by atoms with Gasteiger partial charge < -0.3 is 4.52 Å². The molecule has 0 aliphatic rings. The van der Waals surface area contributed by atoms with E-state index < -0.39 is 0 Å². The zero-order chi connectivity index (χ0) is 7.40. The average Bonchev–Trinajstić information content (AvgIpc) is 2.31. The summed E-state index contributed by atoms with van der Waals surface area (Å²) in [6.07, 6.45) is 3.48. The van der Waals surface area contributed by atoms with Gasteiger partial charge in [-0.1, -0.05) is 13.3 Å². The van der Waals surface area contributed by atoms with Crippen LogP contribution >= 0.6 is 0 Å². The Morgan fingerprint density at radius 1 is 1.70 bits per heavy atom. The molecule has 0 aliphatic carbocycles. The Kier molecular flexibility index (Phi) is 2.31. The van der Waals surface area contributed by atoms with E-state index in [2.05, 4.69) is 6.92 Å². The summed E-state index contributed by atoms with van der Waals surface area (Å²) in [5, 5.41) is 0. The van der Waals surface area contributed by atoms with Gasteiger partial charge in [0.2, 0.25) is 0 Å². The maximum atomic E-state index is 10.8. The van der Waals surface area contributed by atoms with E-state index >= 15 is 0 Å². The van der Waals surface area contributed by atoms with E-state index in [0.717, 1.165) is 12.8 Å². The topological polar surface area (TPSA) is 35.1 Å². The van der Waals surface area contributed by atoms with Gasteiger partial charge in [0, 0.05) is 6.07 Å². The summed E-state index contributed by atoms with van der Waals surface area (Å²) in [7, 11) is 0. The largest absolute Gasteiger partial charge is 0.384 e. The van der Waals surface area contributed by atoms with E-state index in [1.54, 1.807) is 0 Å². The van der Waals surface area contributed by atoms with Gasteiger partial charge in [0.1, 0.15) is 6.26 Å². The Morgan fingerprint density at radius 2 is 2.50 bits per heavy atom. The number of nitrogens with zero attached hydrogens (tertiary/aromatic N) is 1. The minimum atomic E-state index is -0.0477. The van der Waals surface area contributed by atoms with E-state index in [1.807, 2.05) is 0 Å². The maximum absolute atomic E-state index is 10.8. The lowest BCUT2D eigenvalue weighted by molar-refractivity contribution is 0.255. The maximum Gasteiger partial charge on any atom is 0.282 e. The fourth-order valence-corrected chi connectivity index (χ4v) is 0.762. The molecule has 0 N–H and O–H groups in total. The van der Waals surface area contributed by atoms with Gasteiger partial charge in [-0.3, -0.25) is 4.79 Å². The molecule has 3 nitrogen and oxygen atoms in total. The Labute approximate surface area is 59.2 Å². The molecule has 0 spiro atoms. The number of hydrogen-bond acceptors (Lipinski definition) is 2. The highest BCUT2D eigenvalue weighted by Gasteiger charge is 1.94. The monoisotopic (exact) mass is 141 g/mol. The van der Waals surface area contributed by atoms with Crippen LogP contribution in [0.25, 0.3) is 0 Å². The summed E-state index contributed by atoms with van der Waals surface area (Å²) in [6.45, 7) is 2.77. The molecule has 0 bridgehead atoms. The van der Waals surface area contributed by atoms with Crippen LogP contribution in [0.1, 0.15) is 19.8 Å². The van der Waals surface area contributed by atoms with Crippen molar-refractivity contribution in [2.75, 3.05) is 0 Å². The van der Waals surface area contributed by atoms with Crippen molar-refractivity contribution in [1.82, 2.24) is 4.74 Å². The van der Waals surface area contributed by atoms with Gasteiger partial charge in [0.15, 0.2) is 0 Å². The Bertz CT molecular complexity index is 236. The highest BCUT2D eigenvalue weighted by molar-refractivity contribution is 4.75. The lowest BCUT2D eigenvalue weighted by atomic mass is 10.3. The van der Waals surface area contributed by atoms with Crippen LogP contribution in [0.5, 0.6) is 0 Å². The standard InChI is InChI=1S/C7H11NO2/c1-2-3-5-8-7(9)4-6-10-8/h4,6H,2-3,5H2,1H3.